The van der Waals surface area contributed by atoms with Crippen LogP contribution in [0.15, 0.2) is 39.3 Å². The van der Waals surface area contributed by atoms with Gasteiger partial charge in [-0.1, -0.05) is 23.2 Å². The number of nitrogen functional groups attached to an aromatic ring is 1. The molecule has 0 atom stereocenters. The summed E-state index contributed by atoms with van der Waals surface area (Å²) in [4.78, 5) is 12.2. The number of carbonyl (C=O) groups excluding carboxylic acids is 1. The van der Waals surface area contributed by atoms with Crippen molar-refractivity contribution in [2.45, 2.75) is 0 Å². The number of carbonyl (C=O) groups is 1. The highest BCUT2D eigenvalue weighted by atomic mass is 79.9. The monoisotopic (exact) mass is 436 g/mol. The summed E-state index contributed by atoms with van der Waals surface area (Å²) in [6, 6.07) is 8.35. The second-order valence-corrected chi connectivity index (χ2v) is 6.38. The normalized spacial score (nSPS) is 10.4. The molecule has 0 aliphatic rings. The van der Waals surface area contributed by atoms with E-state index in [1.807, 2.05) is 0 Å². The van der Waals surface area contributed by atoms with Gasteiger partial charge < -0.3 is 11.1 Å². The summed E-state index contributed by atoms with van der Waals surface area (Å²) in [5, 5.41) is 3.32. The van der Waals surface area contributed by atoms with E-state index in [1.165, 1.54) is 0 Å². The smallest absolute Gasteiger partial charge is 0.256 e. The summed E-state index contributed by atoms with van der Waals surface area (Å²) in [7, 11) is 0. The average molecular weight is 439 g/mol. The van der Waals surface area contributed by atoms with Crippen molar-refractivity contribution in [1.29, 1.82) is 0 Å². The molecule has 0 aliphatic heterocycles. The van der Waals surface area contributed by atoms with Crippen molar-refractivity contribution in [3.63, 3.8) is 0 Å². The lowest BCUT2D eigenvalue weighted by Gasteiger charge is -2.10. The molecule has 20 heavy (non-hydrogen) atoms. The maximum absolute atomic E-state index is 12.2. The van der Waals surface area contributed by atoms with Gasteiger partial charge in [0.2, 0.25) is 0 Å². The lowest BCUT2D eigenvalue weighted by Crippen LogP contribution is -2.13. The Kier molecular flexibility index (Phi) is 4.96. The summed E-state index contributed by atoms with van der Waals surface area (Å²) < 4.78 is 1.30. The van der Waals surface area contributed by atoms with Crippen molar-refractivity contribution in [3.05, 3.63) is 54.9 Å². The number of hydrogen-bond acceptors (Lipinski definition) is 2. The topological polar surface area (TPSA) is 55.1 Å². The van der Waals surface area contributed by atoms with E-state index in [2.05, 4.69) is 37.2 Å². The van der Waals surface area contributed by atoms with Crippen LogP contribution in [0.5, 0.6) is 0 Å². The molecule has 2 aromatic rings. The van der Waals surface area contributed by atoms with Crippen LogP contribution in [0.3, 0.4) is 0 Å². The van der Waals surface area contributed by atoms with Gasteiger partial charge in [0.05, 0.1) is 21.3 Å². The zero-order valence-corrected chi connectivity index (χ0v) is 14.6. The standard InChI is InChI=1S/C13H8Br2Cl2N2O/c14-8-2-1-6(18)5-7(8)13(20)19-10-4-3-9(15)11(16)12(10)17/h1-5H,18H2,(H,19,20). The van der Waals surface area contributed by atoms with E-state index in [0.29, 0.717) is 30.9 Å². The number of benzene rings is 2. The molecule has 104 valence electrons. The summed E-state index contributed by atoms with van der Waals surface area (Å²) >= 11 is 18.7. The number of nitrogens with two attached hydrogens (primary N) is 1. The Morgan fingerprint density at radius 1 is 1.05 bits per heavy atom. The third-order valence-electron chi connectivity index (χ3n) is 2.52. The fourth-order valence-corrected chi connectivity index (χ4v) is 2.78. The van der Waals surface area contributed by atoms with Crippen LogP contribution in [0, 0.1) is 0 Å². The Morgan fingerprint density at radius 3 is 2.40 bits per heavy atom. The first kappa shape index (κ1) is 15.6. The molecule has 0 aromatic heterocycles. The molecule has 3 nitrogen and oxygen atoms in total. The number of halogens is 4. The first-order valence-electron chi connectivity index (χ1n) is 5.40. The number of hydrogen-bond donors (Lipinski definition) is 2. The lowest BCUT2D eigenvalue weighted by molar-refractivity contribution is 0.102. The van der Waals surface area contributed by atoms with Crippen LogP contribution in [0.2, 0.25) is 10.0 Å². The van der Waals surface area contributed by atoms with Crippen molar-refractivity contribution in [1.82, 2.24) is 0 Å². The van der Waals surface area contributed by atoms with Gasteiger partial charge in [-0.05, 0) is 62.2 Å². The molecule has 0 heterocycles. The van der Waals surface area contributed by atoms with Gasteiger partial charge in [0.1, 0.15) is 0 Å². The number of rotatable bonds is 2. The third kappa shape index (κ3) is 3.28. The van der Waals surface area contributed by atoms with E-state index in [0.717, 1.165) is 0 Å². The Balaban J connectivity index is 2.33. The van der Waals surface area contributed by atoms with E-state index in [9.17, 15) is 4.79 Å². The van der Waals surface area contributed by atoms with Gasteiger partial charge >= 0.3 is 0 Å². The summed E-state index contributed by atoms with van der Waals surface area (Å²) in [5.41, 5.74) is 7.02. The van der Waals surface area contributed by atoms with E-state index >= 15 is 0 Å². The van der Waals surface area contributed by atoms with Crippen molar-refractivity contribution < 1.29 is 4.79 Å². The molecule has 2 aromatic carbocycles. The highest BCUT2D eigenvalue weighted by Gasteiger charge is 2.14. The second-order valence-electron chi connectivity index (χ2n) is 3.92. The van der Waals surface area contributed by atoms with Crippen LogP contribution in [0.25, 0.3) is 0 Å². The predicted octanol–water partition coefficient (Wildman–Crippen LogP) is 5.35. The van der Waals surface area contributed by atoms with Crippen LogP contribution in [0.1, 0.15) is 10.4 Å². The fraction of sp³-hybridized carbons (Fsp3) is 0. The minimum atomic E-state index is -0.329. The van der Waals surface area contributed by atoms with Crippen molar-refractivity contribution >= 4 is 72.3 Å². The Hall–Kier alpha value is -0.750. The zero-order chi connectivity index (χ0) is 14.9. The molecule has 3 N–H and O–H groups in total. The molecule has 0 fully saturated rings. The van der Waals surface area contributed by atoms with E-state index < -0.39 is 0 Å². The molecule has 0 radical (unpaired) electrons. The molecule has 7 heteroatoms. The third-order valence-corrected chi connectivity index (χ3v) is 4.98. The highest BCUT2D eigenvalue weighted by Crippen LogP contribution is 2.36. The van der Waals surface area contributed by atoms with Gasteiger partial charge in [0, 0.05) is 14.6 Å². The largest absolute Gasteiger partial charge is 0.399 e. The molecule has 0 aliphatic carbocycles. The van der Waals surface area contributed by atoms with Crippen LogP contribution in [0.4, 0.5) is 11.4 Å². The molecule has 0 unspecified atom stereocenters. The van der Waals surface area contributed by atoms with Crippen LogP contribution < -0.4 is 11.1 Å². The van der Waals surface area contributed by atoms with Gasteiger partial charge in [-0.25, -0.2) is 0 Å². The first-order chi connectivity index (χ1) is 9.40. The molecule has 0 bridgehead atoms. The van der Waals surface area contributed by atoms with Crippen molar-refractivity contribution in [2.75, 3.05) is 11.1 Å². The number of amides is 1. The Labute approximate surface area is 142 Å². The quantitative estimate of drug-likeness (QED) is 0.490. The van der Waals surface area contributed by atoms with Gasteiger partial charge in [0.15, 0.2) is 0 Å². The van der Waals surface area contributed by atoms with E-state index in [4.69, 9.17) is 28.9 Å². The fourth-order valence-electron chi connectivity index (χ4n) is 1.53. The number of anilines is 2. The predicted molar refractivity (Wildman–Crippen MR) is 90.7 cm³/mol. The maximum atomic E-state index is 12.2. The minimum absolute atomic E-state index is 0.273. The summed E-state index contributed by atoms with van der Waals surface area (Å²) in [6.07, 6.45) is 0. The van der Waals surface area contributed by atoms with Crippen LogP contribution >= 0.6 is 55.1 Å². The van der Waals surface area contributed by atoms with Gasteiger partial charge in [-0.15, -0.1) is 0 Å². The van der Waals surface area contributed by atoms with E-state index in [1.54, 1.807) is 30.3 Å². The summed E-state index contributed by atoms with van der Waals surface area (Å²) in [5.74, 6) is -0.329. The maximum Gasteiger partial charge on any atom is 0.256 e. The van der Waals surface area contributed by atoms with Crippen LogP contribution in [-0.4, -0.2) is 5.91 Å². The average Bonchev–Trinajstić information content (AvgIpc) is 2.42. The molecule has 0 saturated heterocycles. The van der Waals surface area contributed by atoms with Gasteiger partial charge in [-0.3, -0.25) is 4.79 Å². The van der Waals surface area contributed by atoms with Crippen LogP contribution in [-0.2, 0) is 0 Å². The Morgan fingerprint density at radius 2 is 1.70 bits per heavy atom. The second kappa shape index (κ2) is 6.35. The Bertz CT molecular complexity index is 692. The SMILES string of the molecule is Nc1ccc(Br)c(C(=O)Nc2ccc(Br)c(Cl)c2Cl)c1. The zero-order valence-electron chi connectivity index (χ0n) is 9.88. The molecule has 0 saturated carbocycles. The van der Waals surface area contributed by atoms with Crippen molar-refractivity contribution in [3.8, 4) is 0 Å². The lowest BCUT2D eigenvalue weighted by atomic mass is 10.2. The molecule has 2 rings (SSSR count). The highest BCUT2D eigenvalue weighted by molar-refractivity contribution is 9.10. The molecule has 0 spiro atoms. The minimum Gasteiger partial charge on any atom is -0.399 e. The first-order valence-corrected chi connectivity index (χ1v) is 7.74. The number of nitrogens with one attached hydrogen (secondary N) is 1. The van der Waals surface area contributed by atoms with Crippen molar-refractivity contribution in [2.24, 2.45) is 0 Å². The molecule has 1 amide bonds. The van der Waals surface area contributed by atoms with E-state index in [-0.39, 0.29) is 10.9 Å². The summed E-state index contributed by atoms with van der Waals surface area (Å²) in [6.45, 7) is 0. The molecular weight excluding hydrogens is 431 g/mol. The van der Waals surface area contributed by atoms with Gasteiger partial charge in [-0.2, -0.15) is 0 Å². The van der Waals surface area contributed by atoms with Gasteiger partial charge in [0.25, 0.3) is 5.91 Å². The molecular formula is C13H8Br2Cl2N2O.